The van der Waals surface area contributed by atoms with Gasteiger partial charge >= 0.3 is 6.61 Å². The average molecular weight is 549 g/mol. The third kappa shape index (κ3) is 8.86. The molecule has 0 aromatic heterocycles. The second-order valence-electron chi connectivity index (χ2n) is 6.88. The second-order valence-corrected chi connectivity index (χ2v) is 6.88. The Hall–Kier alpha value is -2.14. The molecule has 0 bridgehead atoms. The van der Waals surface area contributed by atoms with Crippen molar-refractivity contribution < 1.29 is 23.4 Å². The summed E-state index contributed by atoms with van der Waals surface area (Å²) in [6.07, 6.45) is 0.559. The summed E-state index contributed by atoms with van der Waals surface area (Å²) < 4.78 is 34.7. The van der Waals surface area contributed by atoms with Crippen LogP contribution in [0.1, 0.15) is 25.0 Å². The smallest absolute Gasteiger partial charge is 0.387 e. The molecule has 1 atom stereocenters. The van der Waals surface area contributed by atoms with Gasteiger partial charge in [0.2, 0.25) is 0 Å². The van der Waals surface area contributed by atoms with E-state index in [0.717, 1.165) is 11.1 Å². The van der Waals surface area contributed by atoms with Crippen LogP contribution in [0, 0.1) is 0 Å². The molecule has 2 aromatic carbocycles. The van der Waals surface area contributed by atoms with E-state index in [1.807, 2.05) is 37.3 Å². The molecule has 172 valence electrons. The topological polar surface area (TPSA) is 75.1 Å². The van der Waals surface area contributed by atoms with Crippen LogP contribution < -0.4 is 20.1 Å². The predicted octanol–water partition coefficient (Wildman–Crippen LogP) is 3.92. The molecule has 0 spiro atoms. The number of aliphatic hydroxyl groups is 1. The van der Waals surface area contributed by atoms with Gasteiger partial charge in [-0.2, -0.15) is 8.78 Å². The number of nitrogens with one attached hydrogen (secondary N) is 2. The van der Waals surface area contributed by atoms with Gasteiger partial charge in [-0.05, 0) is 43.5 Å². The Kier molecular flexibility index (Phi) is 11.5. The second kappa shape index (κ2) is 13.3. The summed E-state index contributed by atoms with van der Waals surface area (Å²) in [4.78, 5) is 4.48. The van der Waals surface area contributed by atoms with Crippen molar-refractivity contribution in [3.05, 3.63) is 59.7 Å². The van der Waals surface area contributed by atoms with Gasteiger partial charge in [0.05, 0.1) is 13.7 Å². The minimum atomic E-state index is -2.92. The van der Waals surface area contributed by atoms with E-state index in [1.165, 1.54) is 13.2 Å². The highest BCUT2D eigenvalue weighted by Gasteiger charge is 2.22. The van der Waals surface area contributed by atoms with Gasteiger partial charge in [-0.25, -0.2) is 4.99 Å². The maximum Gasteiger partial charge on any atom is 0.387 e. The van der Waals surface area contributed by atoms with E-state index in [-0.39, 0.29) is 42.0 Å². The lowest BCUT2D eigenvalue weighted by Gasteiger charge is -2.22. The number of benzene rings is 2. The highest BCUT2D eigenvalue weighted by molar-refractivity contribution is 14.0. The van der Waals surface area contributed by atoms with Gasteiger partial charge in [0, 0.05) is 13.1 Å². The lowest BCUT2D eigenvalue weighted by molar-refractivity contribution is -0.0512. The third-order valence-corrected chi connectivity index (χ3v) is 4.44. The normalized spacial score (nSPS) is 13.2. The Labute approximate surface area is 199 Å². The van der Waals surface area contributed by atoms with Crippen LogP contribution in [0.4, 0.5) is 8.78 Å². The van der Waals surface area contributed by atoms with Crippen molar-refractivity contribution in [1.82, 2.24) is 10.6 Å². The molecule has 0 amide bonds. The van der Waals surface area contributed by atoms with Crippen molar-refractivity contribution >= 4 is 29.9 Å². The number of rotatable bonds is 10. The van der Waals surface area contributed by atoms with Crippen molar-refractivity contribution in [2.75, 3.05) is 26.7 Å². The van der Waals surface area contributed by atoms with Gasteiger partial charge in [0.1, 0.15) is 5.60 Å². The maximum absolute atomic E-state index is 12.6. The first-order valence-electron chi connectivity index (χ1n) is 9.77. The molecule has 0 fully saturated rings. The molecule has 0 aliphatic rings. The largest absolute Gasteiger partial charge is 0.493 e. The highest BCUT2D eigenvalue weighted by Crippen LogP contribution is 2.29. The van der Waals surface area contributed by atoms with E-state index in [4.69, 9.17) is 4.74 Å². The van der Waals surface area contributed by atoms with Crippen LogP contribution >= 0.6 is 24.0 Å². The molecule has 3 N–H and O–H groups in total. The summed E-state index contributed by atoms with van der Waals surface area (Å²) in [5.74, 6) is 0.820. The van der Waals surface area contributed by atoms with E-state index >= 15 is 0 Å². The molecular formula is C22H30F2IN3O3. The molecule has 6 nitrogen and oxygen atoms in total. The van der Waals surface area contributed by atoms with E-state index in [9.17, 15) is 13.9 Å². The van der Waals surface area contributed by atoms with Crippen LogP contribution in [0.25, 0.3) is 0 Å². The van der Waals surface area contributed by atoms with E-state index < -0.39 is 12.2 Å². The molecule has 0 radical (unpaired) electrons. The number of ether oxygens (including phenoxy) is 2. The van der Waals surface area contributed by atoms with Crippen LogP contribution in [0.2, 0.25) is 0 Å². The van der Waals surface area contributed by atoms with E-state index in [0.29, 0.717) is 25.5 Å². The molecule has 0 saturated carbocycles. The Morgan fingerprint density at radius 2 is 1.84 bits per heavy atom. The first kappa shape index (κ1) is 26.9. The Morgan fingerprint density at radius 3 is 2.45 bits per heavy atom. The number of hydrogen-bond donors (Lipinski definition) is 3. The average Bonchev–Trinajstić information content (AvgIpc) is 2.72. The lowest BCUT2D eigenvalue weighted by atomic mass is 9.96. The van der Waals surface area contributed by atoms with Crippen LogP contribution in [0.5, 0.6) is 11.5 Å². The Balaban J connectivity index is 0.00000480. The molecule has 0 aliphatic carbocycles. The van der Waals surface area contributed by atoms with Gasteiger partial charge in [-0.1, -0.05) is 36.4 Å². The molecule has 2 aromatic rings. The minimum Gasteiger partial charge on any atom is -0.493 e. The number of hydrogen-bond acceptors (Lipinski definition) is 4. The molecular weight excluding hydrogens is 519 g/mol. The fourth-order valence-corrected chi connectivity index (χ4v) is 2.85. The fraction of sp³-hybridized carbons (Fsp3) is 0.409. The fourth-order valence-electron chi connectivity index (χ4n) is 2.85. The van der Waals surface area contributed by atoms with E-state index in [2.05, 4.69) is 20.4 Å². The minimum absolute atomic E-state index is 0. The van der Waals surface area contributed by atoms with E-state index in [1.54, 1.807) is 19.1 Å². The van der Waals surface area contributed by atoms with Crippen molar-refractivity contribution in [2.24, 2.45) is 4.99 Å². The summed E-state index contributed by atoms with van der Waals surface area (Å²) >= 11 is 0. The first-order valence-corrected chi connectivity index (χ1v) is 9.77. The van der Waals surface area contributed by atoms with Crippen molar-refractivity contribution in [2.45, 2.75) is 32.5 Å². The van der Waals surface area contributed by atoms with Crippen LogP contribution in [-0.2, 0) is 12.0 Å². The summed E-state index contributed by atoms with van der Waals surface area (Å²) in [6, 6.07) is 14.3. The molecule has 1 unspecified atom stereocenters. The molecule has 31 heavy (non-hydrogen) atoms. The Morgan fingerprint density at radius 1 is 1.13 bits per heavy atom. The zero-order valence-corrected chi connectivity index (χ0v) is 20.2. The van der Waals surface area contributed by atoms with Gasteiger partial charge < -0.3 is 25.2 Å². The molecule has 2 rings (SSSR count). The zero-order valence-electron chi connectivity index (χ0n) is 17.9. The van der Waals surface area contributed by atoms with Gasteiger partial charge in [-0.3, -0.25) is 0 Å². The van der Waals surface area contributed by atoms with Crippen molar-refractivity contribution in [1.29, 1.82) is 0 Å². The maximum atomic E-state index is 12.6. The summed E-state index contributed by atoms with van der Waals surface area (Å²) in [5, 5.41) is 17.0. The monoisotopic (exact) mass is 549 g/mol. The summed E-state index contributed by atoms with van der Waals surface area (Å²) in [5.41, 5.74) is 0.502. The SMILES string of the molecule is CCNC(=NCC(C)(O)c1ccccc1)NCCc1ccc(OC)c(OC(F)F)c1.I. The molecule has 0 aliphatic heterocycles. The number of nitrogens with zero attached hydrogens (tertiary/aromatic N) is 1. The lowest BCUT2D eigenvalue weighted by Crippen LogP contribution is -2.39. The molecule has 9 heteroatoms. The zero-order chi connectivity index (χ0) is 22.0. The number of halogens is 3. The molecule has 0 saturated heterocycles. The summed E-state index contributed by atoms with van der Waals surface area (Å²) in [6.45, 7) is 2.11. The highest BCUT2D eigenvalue weighted by atomic mass is 127. The number of aliphatic imine (C=N–C) groups is 1. The number of methoxy groups -OCH3 is 1. The third-order valence-electron chi connectivity index (χ3n) is 4.44. The predicted molar refractivity (Wildman–Crippen MR) is 129 cm³/mol. The van der Waals surface area contributed by atoms with Crippen molar-refractivity contribution in [3.8, 4) is 11.5 Å². The van der Waals surface area contributed by atoms with Crippen LogP contribution in [-0.4, -0.2) is 44.4 Å². The van der Waals surface area contributed by atoms with Gasteiger partial charge in [0.15, 0.2) is 17.5 Å². The first-order chi connectivity index (χ1) is 14.4. The van der Waals surface area contributed by atoms with Crippen LogP contribution in [0.15, 0.2) is 53.5 Å². The molecule has 0 heterocycles. The van der Waals surface area contributed by atoms with Crippen LogP contribution in [0.3, 0.4) is 0 Å². The number of guanidine groups is 1. The van der Waals surface area contributed by atoms with Gasteiger partial charge in [0.25, 0.3) is 0 Å². The summed E-state index contributed by atoms with van der Waals surface area (Å²) in [7, 11) is 1.40. The Bertz CT molecular complexity index is 821. The standard InChI is InChI=1S/C22H29F2N3O3.HI/c1-4-25-21(27-15-22(2,28)17-8-6-5-7-9-17)26-13-12-16-10-11-18(29-3)19(14-16)30-20(23)24;/h5-11,14,20,28H,4,12-13,15H2,1-3H3,(H2,25,26,27);1H. The number of alkyl halides is 2. The van der Waals surface area contributed by atoms with Crippen molar-refractivity contribution in [3.63, 3.8) is 0 Å². The van der Waals surface area contributed by atoms with Gasteiger partial charge in [-0.15, -0.1) is 24.0 Å². The quantitative estimate of drug-likeness (QED) is 0.238.